The van der Waals surface area contributed by atoms with Crippen LogP contribution in [0.3, 0.4) is 0 Å². The number of hydrogen-bond acceptors (Lipinski definition) is 10. The van der Waals surface area contributed by atoms with Gasteiger partial charge in [0.2, 0.25) is 5.89 Å². The number of hydrogen-bond donors (Lipinski definition) is 0. The van der Waals surface area contributed by atoms with Gasteiger partial charge in [0.05, 0.1) is 26.4 Å². The zero-order valence-corrected chi connectivity index (χ0v) is 22.2. The summed E-state index contributed by atoms with van der Waals surface area (Å²) in [6.07, 6.45) is 1.51. The number of rotatable bonds is 14. The molecule has 13 heteroatoms. The molecular weight excluding hydrogens is 515 g/mol. The van der Waals surface area contributed by atoms with Gasteiger partial charge in [0.25, 0.3) is 0 Å². The fraction of sp³-hybridized carbons (Fsp3) is 0.348. The molecule has 2 aromatic carbocycles. The van der Waals surface area contributed by atoms with Crippen molar-refractivity contribution in [1.29, 1.82) is 0 Å². The molecule has 0 aliphatic heterocycles. The topological polar surface area (TPSA) is 116 Å². The Bertz CT molecular complexity index is 1290. The van der Waals surface area contributed by atoms with Crippen LogP contribution in [0.1, 0.15) is 33.3 Å². The monoisotopic (exact) mass is 543 g/mol. The molecule has 0 radical (unpaired) electrons. The molecule has 196 valence electrons. The SMILES string of the molecule is C=Cc1cc(OP(=O)(OCC)OCC)cc2nc(-c3ccc(OP(=O)(OCC)OCC)c(F)c3)oc12. The third-order valence-corrected chi connectivity index (χ3v) is 7.62. The maximum absolute atomic E-state index is 14.8. The zero-order chi connectivity index (χ0) is 26.3. The summed E-state index contributed by atoms with van der Waals surface area (Å²) in [4.78, 5) is 4.40. The second kappa shape index (κ2) is 12.1. The molecule has 0 spiro atoms. The van der Waals surface area contributed by atoms with Crippen molar-refractivity contribution >= 4 is 32.8 Å². The van der Waals surface area contributed by atoms with E-state index in [2.05, 4.69) is 11.6 Å². The first-order valence-electron chi connectivity index (χ1n) is 11.2. The van der Waals surface area contributed by atoms with Crippen LogP contribution in [0, 0.1) is 5.82 Å². The number of benzene rings is 2. The second-order valence-corrected chi connectivity index (χ2v) is 10.2. The van der Waals surface area contributed by atoms with E-state index in [9.17, 15) is 13.5 Å². The Kier molecular flexibility index (Phi) is 9.47. The van der Waals surface area contributed by atoms with E-state index < -0.39 is 21.5 Å². The van der Waals surface area contributed by atoms with E-state index in [1.165, 1.54) is 24.3 Å². The van der Waals surface area contributed by atoms with Gasteiger partial charge >= 0.3 is 15.6 Å². The molecule has 0 unspecified atom stereocenters. The number of nitrogens with zero attached hydrogens (tertiary/aromatic N) is 1. The maximum Gasteiger partial charge on any atom is 0.530 e. The van der Waals surface area contributed by atoms with Gasteiger partial charge in [-0.3, -0.25) is 18.1 Å². The van der Waals surface area contributed by atoms with E-state index in [1.54, 1.807) is 33.8 Å². The third kappa shape index (κ3) is 6.62. The molecule has 1 aromatic heterocycles. The average molecular weight is 543 g/mol. The van der Waals surface area contributed by atoms with Gasteiger partial charge in [0, 0.05) is 17.2 Å². The molecule has 10 nitrogen and oxygen atoms in total. The van der Waals surface area contributed by atoms with Crippen molar-refractivity contribution in [3.8, 4) is 23.0 Å². The predicted octanol–water partition coefficient (Wildman–Crippen LogP) is 7.40. The molecule has 0 amide bonds. The number of halogens is 1. The number of oxazole rings is 1. The van der Waals surface area contributed by atoms with Gasteiger partial charge in [-0.25, -0.2) is 18.5 Å². The Morgan fingerprint density at radius 3 is 2.03 bits per heavy atom. The Morgan fingerprint density at radius 1 is 0.917 bits per heavy atom. The van der Waals surface area contributed by atoms with E-state index in [0.717, 1.165) is 6.07 Å². The van der Waals surface area contributed by atoms with E-state index in [-0.39, 0.29) is 49.4 Å². The highest BCUT2D eigenvalue weighted by Crippen LogP contribution is 2.51. The number of phosphoric ester groups is 2. The molecule has 0 aliphatic carbocycles. The van der Waals surface area contributed by atoms with Crippen LogP contribution in [0.25, 0.3) is 28.6 Å². The van der Waals surface area contributed by atoms with Gasteiger partial charge in [0.1, 0.15) is 11.3 Å². The van der Waals surface area contributed by atoms with Gasteiger partial charge in [0.15, 0.2) is 17.1 Å². The number of fused-ring (bicyclic) bond motifs is 1. The molecular formula is C23H28FNO9P2. The van der Waals surface area contributed by atoms with Crippen molar-refractivity contribution in [2.24, 2.45) is 0 Å². The molecule has 0 bridgehead atoms. The first kappa shape index (κ1) is 28.1. The molecule has 0 saturated carbocycles. The van der Waals surface area contributed by atoms with E-state index in [1.807, 2.05) is 0 Å². The Labute approximate surface area is 208 Å². The highest BCUT2D eigenvalue weighted by molar-refractivity contribution is 7.49. The fourth-order valence-electron chi connectivity index (χ4n) is 3.13. The molecule has 3 rings (SSSR count). The summed E-state index contributed by atoms with van der Waals surface area (Å²) in [6.45, 7) is 10.7. The van der Waals surface area contributed by atoms with Gasteiger partial charge in [-0.05, 0) is 52.0 Å². The second-order valence-electron chi connectivity index (χ2n) is 6.98. The summed E-state index contributed by atoms with van der Waals surface area (Å²) in [7, 11) is -7.81. The van der Waals surface area contributed by atoms with Crippen LogP contribution in [-0.2, 0) is 27.2 Å². The van der Waals surface area contributed by atoms with Crippen LogP contribution < -0.4 is 9.05 Å². The van der Waals surface area contributed by atoms with Crippen molar-refractivity contribution in [2.75, 3.05) is 26.4 Å². The van der Waals surface area contributed by atoms with E-state index >= 15 is 0 Å². The highest BCUT2D eigenvalue weighted by atomic mass is 31.2. The maximum atomic E-state index is 14.8. The van der Waals surface area contributed by atoms with Crippen LogP contribution in [-0.4, -0.2) is 31.4 Å². The highest BCUT2D eigenvalue weighted by Gasteiger charge is 2.30. The van der Waals surface area contributed by atoms with Crippen LogP contribution in [0.5, 0.6) is 11.5 Å². The third-order valence-electron chi connectivity index (χ3n) is 4.47. The normalized spacial score (nSPS) is 12.1. The lowest BCUT2D eigenvalue weighted by atomic mass is 10.2. The van der Waals surface area contributed by atoms with Crippen LogP contribution in [0.2, 0.25) is 0 Å². The minimum atomic E-state index is -3.97. The summed E-state index contributed by atoms with van der Waals surface area (Å²) in [5.74, 6) is -0.881. The molecule has 1 heterocycles. The largest absolute Gasteiger partial charge is 0.530 e. The molecule has 0 atom stereocenters. The smallest absolute Gasteiger partial charge is 0.435 e. The van der Waals surface area contributed by atoms with Gasteiger partial charge < -0.3 is 13.5 Å². The van der Waals surface area contributed by atoms with Crippen molar-refractivity contribution in [2.45, 2.75) is 27.7 Å². The van der Waals surface area contributed by atoms with Crippen LogP contribution in [0.15, 0.2) is 41.3 Å². The minimum absolute atomic E-state index is 0.0574. The Hall–Kier alpha value is -2.52. The standard InChI is InChI=1S/C23H28FNO9P2/c1-6-16-13-18(33-35(26,28-7-2)29-8-3)15-20-22(16)32-23(25-20)17-11-12-21(19(24)14-17)34-36(27,30-9-4)31-10-5/h6,11-15H,1,7-10H2,2-5H3. The molecule has 0 saturated heterocycles. The summed E-state index contributed by atoms with van der Waals surface area (Å²) >= 11 is 0. The van der Waals surface area contributed by atoms with Crippen LogP contribution >= 0.6 is 15.6 Å². The molecule has 0 fully saturated rings. The van der Waals surface area contributed by atoms with E-state index in [0.29, 0.717) is 16.7 Å². The fourth-order valence-corrected chi connectivity index (χ4v) is 5.51. The lowest BCUT2D eigenvalue weighted by molar-refractivity contribution is 0.165. The van der Waals surface area contributed by atoms with Crippen molar-refractivity contribution in [3.63, 3.8) is 0 Å². The van der Waals surface area contributed by atoms with Crippen molar-refractivity contribution in [1.82, 2.24) is 4.98 Å². The Balaban J connectivity index is 1.95. The summed E-state index contributed by atoms with van der Waals surface area (Å²) < 4.78 is 77.2. The average Bonchev–Trinajstić information content (AvgIpc) is 3.24. The Morgan fingerprint density at radius 2 is 1.50 bits per heavy atom. The number of phosphoric acid groups is 2. The summed E-state index contributed by atoms with van der Waals surface area (Å²) in [5.41, 5.74) is 1.48. The summed E-state index contributed by atoms with van der Waals surface area (Å²) in [6, 6.07) is 6.91. The minimum Gasteiger partial charge on any atom is -0.435 e. The van der Waals surface area contributed by atoms with Gasteiger partial charge in [-0.1, -0.05) is 12.7 Å². The van der Waals surface area contributed by atoms with Crippen LogP contribution in [0.4, 0.5) is 4.39 Å². The molecule has 3 aromatic rings. The lowest BCUT2D eigenvalue weighted by Crippen LogP contribution is -2.03. The lowest BCUT2D eigenvalue weighted by Gasteiger charge is -2.17. The zero-order valence-electron chi connectivity index (χ0n) is 20.4. The first-order chi connectivity index (χ1) is 17.2. The van der Waals surface area contributed by atoms with E-state index in [4.69, 9.17) is 31.6 Å². The first-order valence-corrected chi connectivity index (χ1v) is 14.2. The van der Waals surface area contributed by atoms with Gasteiger partial charge in [-0.15, -0.1) is 0 Å². The van der Waals surface area contributed by atoms with Gasteiger partial charge in [-0.2, -0.15) is 0 Å². The summed E-state index contributed by atoms with van der Waals surface area (Å²) in [5, 5.41) is 0. The van der Waals surface area contributed by atoms with Crippen molar-refractivity contribution in [3.05, 3.63) is 48.3 Å². The quantitative estimate of drug-likeness (QED) is 0.190. The number of aromatic nitrogens is 1. The van der Waals surface area contributed by atoms with Crippen molar-refractivity contribution < 1.29 is 45.1 Å². The molecule has 0 aliphatic rings. The molecule has 36 heavy (non-hydrogen) atoms. The predicted molar refractivity (Wildman–Crippen MR) is 132 cm³/mol. The molecule has 0 N–H and O–H groups in total.